The normalized spacial score (nSPS) is 31.8. The third kappa shape index (κ3) is 2.71. The third-order valence-electron chi connectivity index (χ3n) is 4.32. The van der Waals surface area contributed by atoms with Crippen LogP contribution >= 0.6 is 0 Å². The zero-order chi connectivity index (χ0) is 12.4. The number of hydrogen-bond acceptors (Lipinski definition) is 2. The number of nitrogens with zero attached hydrogens (tertiary/aromatic N) is 1. The lowest BCUT2D eigenvalue weighted by Gasteiger charge is -2.24. The minimum Gasteiger partial charge on any atom is -0.345 e. The summed E-state index contributed by atoms with van der Waals surface area (Å²) in [4.78, 5) is 13.7. The van der Waals surface area contributed by atoms with E-state index in [0.717, 1.165) is 30.8 Å². The van der Waals surface area contributed by atoms with Gasteiger partial charge in [-0.2, -0.15) is 0 Å². The van der Waals surface area contributed by atoms with Crippen LogP contribution in [0.1, 0.15) is 26.7 Å². The van der Waals surface area contributed by atoms with Gasteiger partial charge in [-0.25, -0.2) is 0 Å². The Morgan fingerprint density at radius 3 is 2.76 bits per heavy atom. The van der Waals surface area contributed by atoms with E-state index in [2.05, 4.69) is 17.5 Å². The average molecular weight is 236 g/mol. The number of likely N-dealkylation sites (N-methyl/N-ethyl adjacent to an activating group) is 1. The van der Waals surface area contributed by atoms with E-state index < -0.39 is 0 Å². The third-order valence-corrected chi connectivity index (χ3v) is 4.32. The molecule has 1 N–H and O–H groups in total. The quantitative estimate of drug-likeness (QED) is 0.736. The van der Waals surface area contributed by atoms with Gasteiger partial charge in [0, 0.05) is 13.6 Å². The second-order valence-corrected chi connectivity index (χ2v) is 5.52. The molecule has 17 heavy (non-hydrogen) atoms. The zero-order valence-corrected chi connectivity index (χ0v) is 11.1. The van der Waals surface area contributed by atoms with Crippen LogP contribution in [0.25, 0.3) is 0 Å². The lowest BCUT2D eigenvalue weighted by atomic mass is 9.93. The maximum absolute atomic E-state index is 11.9. The maximum Gasteiger partial charge on any atom is 0.239 e. The van der Waals surface area contributed by atoms with Crippen LogP contribution in [0.2, 0.25) is 0 Å². The van der Waals surface area contributed by atoms with Gasteiger partial charge in [0.05, 0.1) is 6.04 Å². The van der Waals surface area contributed by atoms with Gasteiger partial charge in [-0.1, -0.05) is 12.2 Å². The monoisotopic (exact) mass is 236 g/mol. The molecular weight excluding hydrogens is 212 g/mol. The molecule has 3 heteroatoms. The Morgan fingerprint density at radius 2 is 2.24 bits per heavy atom. The first kappa shape index (κ1) is 12.6. The van der Waals surface area contributed by atoms with E-state index in [9.17, 15) is 4.79 Å². The number of amides is 1. The van der Waals surface area contributed by atoms with Gasteiger partial charge in [0.15, 0.2) is 0 Å². The van der Waals surface area contributed by atoms with Crippen molar-refractivity contribution in [2.24, 2.45) is 17.8 Å². The van der Waals surface area contributed by atoms with Crippen molar-refractivity contribution in [2.75, 3.05) is 20.1 Å². The van der Waals surface area contributed by atoms with Crippen molar-refractivity contribution in [1.29, 1.82) is 0 Å². The Hall–Kier alpha value is -0.830. The molecule has 0 aliphatic heterocycles. The van der Waals surface area contributed by atoms with E-state index in [1.54, 1.807) is 4.90 Å². The number of carbonyl (C=O) groups is 1. The number of carbonyl (C=O) groups excluding carboxylic acids is 1. The molecule has 2 rings (SSSR count). The Balaban J connectivity index is 1.75. The summed E-state index contributed by atoms with van der Waals surface area (Å²) < 4.78 is 0. The van der Waals surface area contributed by atoms with E-state index in [0.29, 0.717) is 0 Å². The summed E-state index contributed by atoms with van der Waals surface area (Å²) in [7, 11) is 1.86. The van der Waals surface area contributed by atoms with Crippen molar-refractivity contribution in [2.45, 2.75) is 32.7 Å². The van der Waals surface area contributed by atoms with Gasteiger partial charge < -0.3 is 10.2 Å². The number of hydrogen-bond donors (Lipinski definition) is 1. The maximum atomic E-state index is 11.9. The van der Waals surface area contributed by atoms with Crippen molar-refractivity contribution in [3.63, 3.8) is 0 Å². The standard InChI is InChI=1S/C14H24N2O/c1-4-16(3)14(17)10(2)15-9-13-8-11-5-6-12(13)7-11/h5-6,10-13,15H,4,7-9H2,1-3H3. The summed E-state index contributed by atoms with van der Waals surface area (Å²) in [6.07, 6.45) is 7.37. The summed E-state index contributed by atoms with van der Waals surface area (Å²) in [5.74, 6) is 2.52. The molecule has 1 saturated carbocycles. The molecule has 1 amide bonds. The Bertz CT molecular complexity index is 313. The summed E-state index contributed by atoms with van der Waals surface area (Å²) in [5.41, 5.74) is 0. The van der Waals surface area contributed by atoms with Gasteiger partial charge in [-0.3, -0.25) is 4.79 Å². The summed E-state index contributed by atoms with van der Waals surface area (Å²) >= 11 is 0. The highest BCUT2D eigenvalue weighted by atomic mass is 16.2. The number of rotatable bonds is 5. The van der Waals surface area contributed by atoms with E-state index in [1.165, 1.54) is 12.8 Å². The number of fused-ring (bicyclic) bond motifs is 2. The number of nitrogens with one attached hydrogen (secondary N) is 1. The Morgan fingerprint density at radius 1 is 1.47 bits per heavy atom. The van der Waals surface area contributed by atoms with Crippen molar-refractivity contribution in [3.8, 4) is 0 Å². The summed E-state index contributed by atoms with van der Waals surface area (Å²) in [6, 6.07) is -0.0527. The fourth-order valence-electron chi connectivity index (χ4n) is 3.03. The van der Waals surface area contributed by atoms with E-state index in [-0.39, 0.29) is 11.9 Å². The smallest absolute Gasteiger partial charge is 0.239 e. The largest absolute Gasteiger partial charge is 0.345 e. The van der Waals surface area contributed by atoms with Crippen LogP contribution in [0.5, 0.6) is 0 Å². The van der Waals surface area contributed by atoms with Crippen LogP contribution in [0.4, 0.5) is 0 Å². The summed E-state index contributed by atoms with van der Waals surface area (Å²) in [5, 5.41) is 3.40. The molecule has 2 bridgehead atoms. The second-order valence-electron chi connectivity index (χ2n) is 5.52. The minimum atomic E-state index is -0.0527. The van der Waals surface area contributed by atoms with Crippen LogP contribution in [0.3, 0.4) is 0 Å². The molecule has 3 nitrogen and oxygen atoms in total. The van der Waals surface area contributed by atoms with E-state index >= 15 is 0 Å². The van der Waals surface area contributed by atoms with Crippen molar-refractivity contribution >= 4 is 5.91 Å². The second kappa shape index (κ2) is 5.21. The Labute approximate surface area is 104 Å². The molecule has 2 aliphatic carbocycles. The fourth-order valence-corrected chi connectivity index (χ4v) is 3.03. The highest BCUT2D eigenvalue weighted by Gasteiger charge is 2.35. The molecule has 0 radical (unpaired) electrons. The van der Waals surface area contributed by atoms with Crippen LogP contribution in [-0.2, 0) is 4.79 Å². The molecule has 0 aromatic heterocycles. The highest BCUT2D eigenvalue weighted by molar-refractivity contribution is 5.81. The summed E-state index contributed by atoms with van der Waals surface area (Å²) in [6.45, 7) is 5.74. The molecule has 0 heterocycles. The van der Waals surface area contributed by atoms with Crippen molar-refractivity contribution in [1.82, 2.24) is 10.2 Å². The van der Waals surface area contributed by atoms with Crippen LogP contribution in [0.15, 0.2) is 12.2 Å². The molecule has 0 aromatic rings. The predicted octanol–water partition coefficient (Wildman–Crippen LogP) is 1.65. The molecule has 0 saturated heterocycles. The van der Waals surface area contributed by atoms with Gasteiger partial charge in [0.25, 0.3) is 0 Å². The van der Waals surface area contributed by atoms with Gasteiger partial charge in [0.1, 0.15) is 0 Å². The molecule has 96 valence electrons. The molecule has 2 aliphatic rings. The lowest BCUT2D eigenvalue weighted by molar-refractivity contribution is -0.131. The molecule has 4 unspecified atom stereocenters. The van der Waals surface area contributed by atoms with E-state index in [1.807, 2.05) is 20.9 Å². The number of allylic oxidation sites excluding steroid dienone is 2. The predicted molar refractivity (Wildman–Crippen MR) is 69.6 cm³/mol. The van der Waals surface area contributed by atoms with Gasteiger partial charge >= 0.3 is 0 Å². The highest BCUT2D eigenvalue weighted by Crippen LogP contribution is 2.42. The van der Waals surface area contributed by atoms with Gasteiger partial charge in [-0.15, -0.1) is 0 Å². The zero-order valence-electron chi connectivity index (χ0n) is 11.1. The van der Waals surface area contributed by atoms with Gasteiger partial charge in [-0.05, 0) is 51.0 Å². The van der Waals surface area contributed by atoms with Gasteiger partial charge in [0.2, 0.25) is 5.91 Å². The average Bonchev–Trinajstić information content (AvgIpc) is 2.95. The SMILES string of the molecule is CCN(C)C(=O)C(C)NCC1CC2C=CC1C2. The molecule has 1 fully saturated rings. The lowest BCUT2D eigenvalue weighted by Crippen LogP contribution is -2.44. The van der Waals surface area contributed by atoms with E-state index in [4.69, 9.17) is 0 Å². The molecule has 4 atom stereocenters. The molecular formula is C14H24N2O. The van der Waals surface area contributed by atoms with Crippen LogP contribution < -0.4 is 5.32 Å². The Kier molecular flexibility index (Phi) is 3.87. The first-order valence-corrected chi connectivity index (χ1v) is 6.78. The molecule has 0 aromatic carbocycles. The minimum absolute atomic E-state index is 0.0527. The molecule has 0 spiro atoms. The van der Waals surface area contributed by atoms with Crippen molar-refractivity contribution in [3.05, 3.63) is 12.2 Å². The first-order valence-electron chi connectivity index (χ1n) is 6.78. The van der Waals surface area contributed by atoms with Crippen LogP contribution in [0, 0.1) is 17.8 Å². The van der Waals surface area contributed by atoms with Crippen LogP contribution in [-0.4, -0.2) is 37.0 Å². The van der Waals surface area contributed by atoms with Crippen molar-refractivity contribution < 1.29 is 4.79 Å². The topological polar surface area (TPSA) is 32.3 Å². The first-order chi connectivity index (χ1) is 8.11. The fraction of sp³-hybridized carbons (Fsp3) is 0.786.